The summed E-state index contributed by atoms with van der Waals surface area (Å²) in [5.41, 5.74) is 5.73. The lowest BCUT2D eigenvalue weighted by Crippen LogP contribution is -2.14. The quantitative estimate of drug-likeness (QED) is 0.838. The standard InChI is InChI=1S/C10H8ClN5O/c11-7-4-6(5-15-8(7)12)9(17)16-10-13-2-1-3-14-10/h1-5H,(H2,12,15)(H,13,14,16,17). The van der Waals surface area contributed by atoms with E-state index in [0.29, 0.717) is 0 Å². The molecule has 7 heteroatoms. The Morgan fingerprint density at radius 2 is 2.00 bits per heavy atom. The molecule has 2 aromatic rings. The third kappa shape index (κ3) is 2.67. The van der Waals surface area contributed by atoms with Crippen molar-refractivity contribution in [3.8, 4) is 0 Å². The highest BCUT2D eigenvalue weighted by Gasteiger charge is 2.09. The zero-order valence-corrected chi connectivity index (χ0v) is 9.35. The number of nitrogens with one attached hydrogen (secondary N) is 1. The molecule has 0 saturated carbocycles. The second-order valence-electron chi connectivity index (χ2n) is 3.12. The zero-order chi connectivity index (χ0) is 12.3. The Hall–Kier alpha value is -2.21. The number of nitrogens with zero attached hydrogens (tertiary/aromatic N) is 3. The van der Waals surface area contributed by atoms with Crippen molar-refractivity contribution >= 4 is 29.3 Å². The highest BCUT2D eigenvalue weighted by molar-refractivity contribution is 6.33. The molecule has 0 aliphatic rings. The number of rotatable bonds is 2. The fraction of sp³-hybridized carbons (Fsp3) is 0. The molecule has 0 bridgehead atoms. The van der Waals surface area contributed by atoms with Crippen LogP contribution in [0.25, 0.3) is 0 Å². The first-order valence-electron chi connectivity index (χ1n) is 4.66. The van der Waals surface area contributed by atoms with Gasteiger partial charge in [0.1, 0.15) is 5.82 Å². The normalized spacial score (nSPS) is 9.94. The number of carbonyl (C=O) groups is 1. The third-order valence-corrected chi connectivity index (χ3v) is 2.23. The van der Waals surface area contributed by atoms with Crippen LogP contribution in [0.4, 0.5) is 11.8 Å². The Balaban J connectivity index is 2.18. The van der Waals surface area contributed by atoms with Crippen LogP contribution < -0.4 is 11.1 Å². The molecule has 17 heavy (non-hydrogen) atoms. The van der Waals surface area contributed by atoms with E-state index in [1.165, 1.54) is 24.7 Å². The van der Waals surface area contributed by atoms with Gasteiger partial charge in [0.15, 0.2) is 0 Å². The van der Waals surface area contributed by atoms with Crippen molar-refractivity contribution in [3.05, 3.63) is 41.3 Å². The minimum atomic E-state index is -0.398. The van der Waals surface area contributed by atoms with Crippen LogP contribution in [0.3, 0.4) is 0 Å². The van der Waals surface area contributed by atoms with E-state index in [4.69, 9.17) is 17.3 Å². The molecule has 0 saturated heterocycles. The van der Waals surface area contributed by atoms with E-state index in [-0.39, 0.29) is 22.4 Å². The van der Waals surface area contributed by atoms with Crippen molar-refractivity contribution < 1.29 is 4.79 Å². The minimum absolute atomic E-state index is 0.180. The van der Waals surface area contributed by atoms with Crippen LogP contribution in [-0.4, -0.2) is 20.9 Å². The van der Waals surface area contributed by atoms with Gasteiger partial charge in [0.25, 0.3) is 5.91 Å². The van der Waals surface area contributed by atoms with Crippen LogP contribution in [0.1, 0.15) is 10.4 Å². The fourth-order valence-electron chi connectivity index (χ4n) is 1.11. The summed E-state index contributed by atoms with van der Waals surface area (Å²) < 4.78 is 0. The molecule has 3 N–H and O–H groups in total. The molecule has 2 heterocycles. The number of aromatic nitrogens is 3. The van der Waals surface area contributed by atoms with Crippen molar-refractivity contribution in [2.75, 3.05) is 11.1 Å². The number of carbonyl (C=O) groups excluding carboxylic acids is 1. The molecule has 0 aliphatic carbocycles. The Bertz CT molecular complexity index is 546. The first-order chi connectivity index (χ1) is 8.16. The molecular weight excluding hydrogens is 242 g/mol. The first-order valence-corrected chi connectivity index (χ1v) is 5.04. The van der Waals surface area contributed by atoms with E-state index < -0.39 is 5.91 Å². The van der Waals surface area contributed by atoms with Gasteiger partial charge >= 0.3 is 0 Å². The van der Waals surface area contributed by atoms with Gasteiger partial charge in [-0.1, -0.05) is 11.6 Å². The van der Waals surface area contributed by atoms with E-state index in [9.17, 15) is 4.79 Å². The molecule has 86 valence electrons. The summed E-state index contributed by atoms with van der Waals surface area (Å²) in [6.45, 7) is 0. The molecule has 2 rings (SSSR count). The van der Waals surface area contributed by atoms with Gasteiger partial charge in [0.05, 0.1) is 10.6 Å². The lowest BCUT2D eigenvalue weighted by molar-refractivity contribution is 0.102. The van der Waals surface area contributed by atoms with Gasteiger partial charge in [-0.2, -0.15) is 0 Å². The van der Waals surface area contributed by atoms with Crippen LogP contribution in [-0.2, 0) is 0 Å². The molecule has 0 spiro atoms. The highest BCUT2D eigenvalue weighted by Crippen LogP contribution is 2.17. The number of amides is 1. The van der Waals surface area contributed by atoms with Gasteiger partial charge in [0, 0.05) is 18.6 Å². The van der Waals surface area contributed by atoms with Crippen LogP contribution in [0.5, 0.6) is 0 Å². The molecule has 0 atom stereocenters. The van der Waals surface area contributed by atoms with Crippen molar-refractivity contribution in [3.63, 3.8) is 0 Å². The van der Waals surface area contributed by atoms with Crippen LogP contribution in [0.15, 0.2) is 30.7 Å². The number of hydrogen-bond acceptors (Lipinski definition) is 5. The van der Waals surface area contributed by atoms with Crippen molar-refractivity contribution in [2.24, 2.45) is 0 Å². The maximum Gasteiger partial charge on any atom is 0.259 e. The van der Waals surface area contributed by atoms with E-state index in [0.717, 1.165) is 0 Å². The van der Waals surface area contributed by atoms with Gasteiger partial charge in [-0.15, -0.1) is 0 Å². The van der Waals surface area contributed by atoms with E-state index in [2.05, 4.69) is 20.3 Å². The highest BCUT2D eigenvalue weighted by atomic mass is 35.5. The molecule has 1 amide bonds. The Kier molecular flexibility index (Phi) is 3.15. The van der Waals surface area contributed by atoms with Gasteiger partial charge in [-0.3, -0.25) is 10.1 Å². The van der Waals surface area contributed by atoms with Gasteiger partial charge in [0.2, 0.25) is 5.95 Å². The minimum Gasteiger partial charge on any atom is -0.382 e. The van der Waals surface area contributed by atoms with Crippen LogP contribution in [0.2, 0.25) is 5.02 Å². The number of hydrogen-bond donors (Lipinski definition) is 2. The fourth-order valence-corrected chi connectivity index (χ4v) is 1.28. The summed E-state index contributed by atoms with van der Waals surface area (Å²) >= 11 is 5.76. The average Bonchev–Trinajstić information content (AvgIpc) is 2.34. The number of anilines is 2. The lowest BCUT2D eigenvalue weighted by Gasteiger charge is -2.03. The summed E-state index contributed by atoms with van der Waals surface area (Å²) in [5, 5.41) is 2.73. The Morgan fingerprint density at radius 1 is 1.29 bits per heavy atom. The second-order valence-corrected chi connectivity index (χ2v) is 3.52. The van der Waals surface area contributed by atoms with Crippen LogP contribution >= 0.6 is 11.6 Å². The van der Waals surface area contributed by atoms with Crippen molar-refractivity contribution in [2.45, 2.75) is 0 Å². The van der Waals surface area contributed by atoms with E-state index >= 15 is 0 Å². The summed E-state index contributed by atoms with van der Waals surface area (Å²) in [6, 6.07) is 3.08. The largest absolute Gasteiger partial charge is 0.382 e. The Labute approximate surface area is 102 Å². The SMILES string of the molecule is Nc1ncc(C(=O)Nc2ncccn2)cc1Cl. The summed E-state index contributed by atoms with van der Waals surface area (Å²) in [5.74, 6) is -0.00442. The van der Waals surface area contributed by atoms with E-state index in [1.54, 1.807) is 6.07 Å². The molecular formula is C10H8ClN5O. The number of pyridine rings is 1. The third-order valence-electron chi connectivity index (χ3n) is 1.92. The van der Waals surface area contributed by atoms with Gasteiger partial charge in [-0.25, -0.2) is 15.0 Å². The number of nitrogen functional groups attached to an aromatic ring is 1. The molecule has 2 aromatic heterocycles. The maximum absolute atomic E-state index is 11.7. The predicted octanol–water partition coefficient (Wildman–Crippen LogP) is 1.36. The van der Waals surface area contributed by atoms with E-state index in [1.807, 2.05) is 0 Å². The van der Waals surface area contributed by atoms with Gasteiger partial charge < -0.3 is 5.73 Å². The predicted molar refractivity (Wildman–Crippen MR) is 63.6 cm³/mol. The summed E-state index contributed by atoms with van der Waals surface area (Å²) in [7, 11) is 0. The lowest BCUT2D eigenvalue weighted by atomic mass is 10.2. The van der Waals surface area contributed by atoms with Crippen molar-refractivity contribution in [1.29, 1.82) is 0 Å². The molecule has 0 aromatic carbocycles. The topological polar surface area (TPSA) is 93.8 Å². The number of nitrogens with two attached hydrogens (primary N) is 1. The molecule has 0 fully saturated rings. The van der Waals surface area contributed by atoms with Crippen LogP contribution in [0, 0.1) is 0 Å². The smallest absolute Gasteiger partial charge is 0.259 e. The molecule has 0 aliphatic heterocycles. The molecule has 6 nitrogen and oxygen atoms in total. The summed E-state index contributed by atoms with van der Waals surface area (Å²) in [4.78, 5) is 23.3. The van der Waals surface area contributed by atoms with Gasteiger partial charge in [-0.05, 0) is 12.1 Å². The first kappa shape index (κ1) is 11.3. The number of halogens is 1. The Morgan fingerprint density at radius 3 is 2.65 bits per heavy atom. The monoisotopic (exact) mass is 249 g/mol. The molecule has 0 radical (unpaired) electrons. The van der Waals surface area contributed by atoms with Crippen molar-refractivity contribution in [1.82, 2.24) is 15.0 Å². The second kappa shape index (κ2) is 4.75. The average molecular weight is 250 g/mol. The maximum atomic E-state index is 11.7. The summed E-state index contributed by atoms with van der Waals surface area (Å²) in [6.07, 6.45) is 4.38. The zero-order valence-electron chi connectivity index (χ0n) is 8.59. The molecule has 0 unspecified atom stereocenters.